The minimum absolute atomic E-state index is 0.0224. The lowest BCUT2D eigenvalue weighted by Gasteiger charge is -2.39. The zero-order chi connectivity index (χ0) is 18.2. The SMILES string of the molecule is Cc1nc(-c2ccnn2C)cc([C@@H]2CCCCN2C(=O)C(C)(C)C)n1. The van der Waals surface area contributed by atoms with Crippen LogP contribution in [0.2, 0.25) is 0 Å². The molecule has 0 radical (unpaired) electrons. The molecule has 0 bridgehead atoms. The molecule has 134 valence electrons. The summed E-state index contributed by atoms with van der Waals surface area (Å²) in [6.07, 6.45) is 4.88. The van der Waals surface area contributed by atoms with Crippen molar-refractivity contribution in [2.75, 3.05) is 6.54 Å². The van der Waals surface area contributed by atoms with Crippen LogP contribution in [-0.4, -0.2) is 37.1 Å². The average Bonchev–Trinajstić information content (AvgIpc) is 2.99. The first-order valence-electron chi connectivity index (χ1n) is 8.92. The first-order valence-corrected chi connectivity index (χ1v) is 8.92. The highest BCUT2D eigenvalue weighted by Crippen LogP contribution is 2.34. The third kappa shape index (κ3) is 3.57. The molecule has 1 aliphatic heterocycles. The zero-order valence-electron chi connectivity index (χ0n) is 15.8. The molecule has 0 saturated carbocycles. The Morgan fingerprint density at radius 3 is 2.64 bits per heavy atom. The molecule has 0 aliphatic carbocycles. The van der Waals surface area contributed by atoms with Gasteiger partial charge in [-0.1, -0.05) is 20.8 Å². The highest BCUT2D eigenvalue weighted by atomic mass is 16.2. The number of rotatable bonds is 2. The van der Waals surface area contributed by atoms with Crippen LogP contribution in [0.5, 0.6) is 0 Å². The van der Waals surface area contributed by atoms with E-state index in [2.05, 4.69) is 15.1 Å². The Balaban J connectivity index is 2.00. The van der Waals surface area contributed by atoms with Gasteiger partial charge in [-0.15, -0.1) is 0 Å². The number of hydrogen-bond acceptors (Lipinski definition) is 4. The Morgan fingerprint density at radius 2 is 2.00 bits per heavy atom. The largest absolute Gasteiger partial charge is 0.334 e. The molecule has 1 aliphatic rings. The summed E-state index contributed by atoms with van der Waals surface area (Å²) >= 11 is 0. The van der Waals surface area contributed by atoms with E-state index in [0.29, 0.717) is 0 Å². The van der Waals surface area contributed by atoms with Crippen molar-refractivity contribution in [1.29, 1.82) is 0 Å². The van der Waals surface area contributed by atoms with E-state index >= 15 is 0 Å². The Morgan fingerprint density at radius 1 is 1.24 bits per heavy atom. The zero-order valence-corrected chi connectivity index (χ0v) is 15.8. The lowest BCUT2D eigenvalue weighted by Crippen LogP contribution is -2.44. The van der Waals surface area contributed by atoms with Crippen molar-refractivity contribution in [3.05, 3.63) is 29.8 Å². The van der Waals surface area contributed by atoms with E-state index in [0.717, 1.165) is 48.7 Å². The number of aryl methyl sites for hydroxylation is 2. The number of hydrogen-bond donors (Lipinski definition) is 0. The third-order valence-corrected chi connectivity index (χ3v) is 4.69. The van der Waals surface area contributed by atoms with Crippen LogP contribution in [0.4, 0.5) is 0 Å². The van der Waals surface area contributed by atoms with Gasteiger partial charge in [0.15, 0.2) is 0 Å². The smallest absolute Gasteiger partial charge is 0.228 e. The van der Waals surface area contributed by atoms with Crippen LogP contribution in [-0.2, 0) is 11.8 Å². The fraction of sp³-hybridized carbons (Fsp3) is 0.579. The summed E-state index contributed by atoms with van der Waals surface area (Å²) in [5, 5.41) is 4.23. The van der Waals surface area contributed by atoms with Crippen LogP contribution in [0.3, 0.4) is 0 Å². The lowest BCUT2D eigenvalue weighted by atomic mass is 9.90. The van der Waals surface area contributed by atoms with Crippen molar-refractivity contribution >= 4 is 5.91 Å². The number of piperidine rings is 1. The number of likely N-dealkylation sites (tertiary alicyclic amines) is 1. The van der Waals surface area contributed by atoms with Crippen LogP contribution in [0.25, 0.3) is 11.4 Å². The summed E-state index contributed by atoms with van der Waals surface area (Å²) in [5.41, 5.74) is 2.36. The van der Waals surface area contributed by atoms with Gasteiger partial charge in [-0.3, -0.25) is 9.48 Å². The number of aromatic nitrogens is 4. The topological polar surface area (TPSA) is 63.9 Å². The summed E-state index contributed by atoms with van der Waals surface area (Å²) in [7, 11) is 1.91. The standard InChI is InChI=1S/C19H27N5O/c1-13-21-14(16-9-10-20-23(16)5)12-15(22-13)17-8-6-7-11-24(17)18(25)19(2,3)4/h9-10,12,17H,6-8,11H2,1-5H3/t17-/m0/s1. The molecule has 0 spiro atoms. The van der Waals surface area contributed by atoms with Gasteiger partial charge in [0.05, 0.1) is 23.1 Å². The molecular weight excluding hydrogens is 314 g/mol. The van der Waals surface area contributed by atoms with Gasteiger partial charge in [-0.05, 0) is 38.3 Å². The molecule has 1 fully saturated rings. The highest BCUT2D eigenvalue weighted by molar-refractivity contribution is 5.82. The molecule has 2 aromatic heterocycles. The van der Waals surface area contributed by atoms with Crippen LogP contribution in [0.1, 0.15) is 57.6 Å². The minimum Gasteiger partial charge on any atom is -0.334 e. The summed E-state index contributed by atoms with van der Waals surface area (Å²) in [6, 6.07) is 3.99. The lowest BCUT2D eigenvalue weighted by molar-refractivity contribution is -0.143. The maximum atomic E-state index is 12.9. The van der Waals surface area contributed by atoms with Crippen LogP contribution < -0.4 is 0 Å². The van der Waals surface area contributed by atoms with Crippen molar-refractivity contribution in [2.45, 2.75) is 53.0 Å². The predicted octanol–water partition coefficient (Wildman–Crippen LogP) is 3.29. The summed E-state index contributed by atoms with van der Waals surface area (Å²) in [4.78, 5) is 24.2. The van der Waals surface area contributed by atoms with E-state index < -0.39 is 0 Å². The van der Waals surface area contributed by atoms with Gasteiger partial charge in [0.25, 0.3) is 0 Å². The Labute approximate surface area is 149 Å². The molecule has 1 saturated heterocycles. The summed E-state index contributed by atoms with van der Waals surface area (Å²) in [5.74, 6) is 0.915. The van der Waals surface area contributed by atoms with E-state index in [1.165, 1.54) is 0 Å². The molecule has 25 heavy (non-hydrogen) atoms. The second-order valence-electron chi connectivity index (χ2n) is 7.83. The second-order valence-corrected chi connectivity index (χ2v) is 7.83. The first kappa shape index (κ1) is 17.6. The monoisotopic (exact) mass is 341 g/mol. The van der Waals surface area contributed by atoms with Crippen LogP contribution in [0.15, 0.2) is 18.3 Å². The molecule has 0 N–H and O–H groups in total. The van der Waals surface area contributed by atoms with Gasteiger partial charge in [0, 0.05) is 25.2 Å². The molecule has 2 aromatic rings. The number of carbonyl (C=O) groups excluding carboxylic acids is 1. The van der Waals surface area contributed by atoms with Crippen molar-refractivity contribution in [2.24, 2.45) is 12.5 Å². The maximum absolute atomic E-state index is 12.9. The van der Waals surface area contributed by atoms with Crippen molar-refractivity contribution < 1.29 is 4.79 Å². The fourth-order valence-electron chi connectivity index (χ4n) is 3.43. The number of carbonyl (C=O) groups is 1. The molecule has 1 atom stereocenters. The van der Waals surface area contributed by atoms with Crippen molar-refractivity contribution in [3.8, 4) is 11.4 Å². The molecule has 1 amide bonds. The molecule has 3 rings (SSSR count). The molecule has 6 heteroatoms. The third-order valence-electron chi connectivity index (χ3n) is 4.69. The molecule has 0 aromatic carbocycles. The second kappa shape index (κ2) is 6.58. The summed E-state index contributed by atoms with van der Waals surface area (Å²) in [6.45, 7) is 8.64. The van der Waals surface area contributed by atoms with Crippen molar-refractivity contribution in [3.63, 3.8) is 0 Å². The average molecular weight is 341 g/mol. The minimum atomic E-state index is -0.386. The molecule has 6 nitrogen and oxygen atoms in total. The normalized spacial score (nSPS) is 18.4. The number of amides is 1. The van der Waals surface area contributed by atoms with Crippen LogP contribution in [0, 0.1) is 12.3 Å². The quantitative estimate of drug-likeness (QED) is 0.841. The summed E-state index contributed by atoms with van der Waals surface area (Å²) < 4.78 is 1.81. The van der Waals surface area contributed by atoms with Gasteiger partial charge in [-0.2, -0.15) is 5.10 Å². The number of nitrogens with zero attached hydrogens (tertiary/aromatic N) is 5. The molecular formula is C19H27N5O. The Bertz CT molecular complexity index is 774. The van der Waals surface area contributed by atoms with Gasteiger partial charge in [-0.25, -0.2) is 9.97 Å². The molecule has 3 heterocycles. The van der Waals surface area contributed by atoms with Gasteiger partial charge in [0.1, 0.15) is 5.82 Å². The fourth-order valence-corrected chi connectivity index (χ4v) is 3.43. The maximum Gasteiger partial charge on any atom is 0.228 e. The van der Waals surface area contributed by atoms with E-state index in [1.54, 1.807) is 6.20 Å². The van der Waals surface area contributed by atoms with E-state index in [4.69, 9.17) is 0 Å². The Hall–Kier alpha value is -2.24. The van der Waals surface area contributed by atoms with E-state index in [1.807, 2.05) is 56.5 Å². The highest BCUT2D eigenvalue weighted by Gasteiger charge is 2.35. The van der Waals surface area contributed by atoms with Crippen molar-refractivity contribution in [1.82, 2.24) is 24.6 Å². The Kier molecular flexibility index (Phi) is 4.62. The molecule has 0 unspecified atom stereocenters. The van der Waals surface area contributed by atoms with E-state index in [9.17, 15) is 4.79 Å². The first-order chi connectivity index (χ1) is 11.8. The van der Waals surface area contributed by atoms with Gasteiger partial charge in [0.2, 0.25) is 5.91 Å². The predicted molar refractivity (Wildman–Crippen MR) is 96.7 cm³/mol. The van der Waals surface area contributed by atoms with Crippen LogP contribution >= 0.6 is 0 Å². The van der Waals surface area contributed by atoms with E-state index in [-0.39, 0.29) is 17.4 Å². The van der Waals surface area contributed by atoms with Gasteiger partial charge >= 0.3 is 0 Å². The van der Waals surface area contributed by atoms with Gasteiger partial charge < -0.3 is 4.90 Å².